The van der Waals surface area contributed by atoms with Gasteiger partial charge in [0.2, 0.25) is 0 Å². The first kappa shape index (κ1) is 24.1. The number of guanidine groups is 1. The molecule has 1 fully saturated rings. The summed E-state index contributed by atoms with van der Waals surface area (Å²) >= 11 is 0. The van der Waals surface area contributed by atoms with Gasteiger partial charge >= 0.3 is 0 Å². The fourth-order valence-corrected chi connectivity index (χ4v) is 4.15. The number of hydrogen-bond acceptors (Lipinski definition) is 4. The third-order valence-corrected chi connectivity index (χ3v) is 5.52. The highest BCUT2D eigenvalue weighted by Crippen LogP contribution is 2.35. The Morgan fingerprint density at radius 2 is 2.14 bits per heavy atom. The lowest BCUT2D eigenvalue weighted by molar-refractivity contribution is 0.254. The van der Waals surface area contributed by atoms with Gasteiger partial charge in [0.25, 0.3) is 0 Å². The van der Waals surface area contributed by atoms with Crippen LogP contribution in [0.15, 0.2) is 17.1 Å². The Labute approximate surface area is 192 Å². The zero-order chi connectivity index (χ0) is 19.9. The van der Waals surface area contributed by atoms with Crippen molar-refractivity contribution in [1.29, 1.82) is 0 Å². The van der Waals surface area contributed by atoms with Gasteiger partial charge in [0.15, 0.2) is 5.96 Å². The van der Waals surface area contributed by atoms with Crippen LogP contribution in [-0.2, 0) is 13.0 Å². The average Bonchev–Trinajstić information content (AvgIpc) is 3.27. The molecule has 1 aromatic rings. The van der Waals surface area contributed by atoms with E-state index in [0.29, 0.717) is 19.1 Å². The highest BCUT2D eigenvalue weighted by molar-refractivity contribution is 14.0. The zero-order valence-electron chi connectivity index (χ0n) is 18.3. The molecule has 0 aromatic heterocycles. The topological polar surface area (TPSA) is 58.1 Å². The van der Waals surface area contributed by atoms with Gasteiger partial charge < -0.3 is 25.0 Å². The number of aliphatic imine (C=N–C) groups is 1. The summed E-state index contributed by atoms with van der Waals surface area (Å²) in [6, 6.07) is 4.25. The Balaban J connectivity index is 0.00000300. The minimum Gasteiger partial charge on any atom is -0.494 e. The van der Waals surface area contributed by atoms with E-state index in [9.17, 15) is 0 Å². The van der Waals surface area contributed by atoms with Crippen molar-refractivity contribution in [3.63, 3.8) is 0 Å². The van der Waals surface area contributed by atoms with Crippen LogP contribution in [0.5, 0.6) is 11.5 Å². The maximum absolute atomic E-state index is 5.92. The molecule has 1 saturated heterocycles. The predicted octanol–water partition coefficient (Wildman–Crippen LogP) is 3.42. The van der Waals surface area contributed by atoms with Crippen LogP contribution in [0, 0.1) is 5.92 Å². The Morgan fingerprint density at radius 3 is 2.86 bits per heavy atom. The Kier molecular flexibility index (Phi) is 9.82. The van der Waals surface area contributed by atoms with Gasteiger partial charge in [-0.05, 0) is 57.8 Å². The smallest absolute Gasteiger partial charge is 0.191 e. The molecular formula is C22H37IN4O2. The second-order valence-electron chi connectivity index (χ2n) is 7.90. The fraction of sp³-hybridized carbons (Fsp3) is 0.682. The minimum absolute atomic E-state index is 0. The fourth-order valence-electron chi connectivity index (χ4n) is 4.15. The van der Waals surface area contributed by atoms with Crippen molar-refractivity contribution in [2.24, 2.45) is 10.9 Å². The highest BCUT2D eigenvalue weighted by atomic mass is 127. The number of fused-ring (bicyclic) bond motifs is 1. The van der Waals surface area contributed by atoms with E-state index in [2.05, 4.69) is 46.5 Å². The minimum atomic E-state index is 0. The van der Waals surface area contributed by atoms with Gasteiger partial charge in [-0.15, -0.1) is 24.0 Å². The van der Waals surface area contributed by atoms with Gasteiger partial charge in [-0.25, -0.2) is 0 Å². The molecule has 2 aliphatic rings. The van der Waals surface area contributed by atoms with Crippen LogP contribution in [-0.4, -0.2) is 56.8 Å². The number of nitrogens with one attached hydrogen (secondary N) is 2. The predicted molar refractivity (Wildman–Crippen MR) is 130 cm³/mol. The lowest BCUT2D eigenvalue weighted by atomic mass is 10.1. The molecule has 0 amide bonds. The summed E-state index contributed by atoms with van der Waals surface area (Å²) < 4.78 is 11.8. The number of nitrogens with zero attached hydrogens (tertiary/aromatic N) is 2. The molecule has 6 nitrogen and oxygen atoms in total. The standard InChI is InChI=1S/C22H36N4O2.HI/c1-5-8-26-9-7-17(15-26)13-24-22(23-4)25-14-19-12-21-18(10-16(3)28-21)11-20(19)27-6-2;/h11-12,16-17H,5-10,13-15H2,1-4H3,(H2,23,24,25);1H. The summed E-state index contributed by atoms with van der Waals surface area (Å²) in [7, 11) is 1.82. The van der Waals surface area contributed by atoms with E-state index >= 15 is 0 Å². The van der Waals surface area contributed by atoms with Crippen molar-refractivity contribution < 1.29 is 9.47 Å². The van der Waals surface area contributed by atoms with Crippen LogP contribution in [0.25, 0.3) is 0 Å². The lowest BCUT2D eigenvalue weighted by Gasteiger charge is -2.18. The van der Waals surface area contributed by atoms with E-state index in [4.69, 9.17) is 9.47 Å². The SMILES string of the molecule is CCCN1CCC(CNC(=NC)NCc2cc3c(cc2OCC)CC(C)O3)C1.I. The second-order valence-corrected chi connectivity index (χ2v) is 7.90. The van der Waals surface area contributed by atoms with E-state index in [0.717, 1.165) is 36.0 Å². The molecule has 3 rings (SSSR count). The van der Waals surface area contributed by atoms with E-state index in [1.54, 1.807) is 0 Å². The van der Waals surface area contributed by atoms with Crippen molar-refractivity contribution in [2.45, 2.75) is 52.7 Å². The van der Waals surface area contributed by atoms with Crippen LogP contribution < -0.4 is 20.1 Å². The van der Waals surface area contributed by atoms with E-state index in [1.165, 1.54) is 38.0 Å². The van der Waals surface area contributed by atoms with Gasteiger partial charge in [0.1, 0.15) is 17.6 Å². The van der Waals surface area contributed by atoms with Crippen LogP contribution in [0.3, 0.4) is 0 Å². The Morgan fingerprint density at radius 1 is 1.31 bits per heavy atom. The molecule has 0 radical (unpaired) electrons. The average molecular weight is 516 g/mol. The monoisotopic (exact) mass is 516 g/mol. The Hall–Kier alpha value is -1.22. The lowest BCUT2D eigenvalue weighted by Crippen LogP contribution is -2.40. The molecule has 2 atom stereocenters. The van der Waals surface area contributed by atoms with Crippen molar-refractivity contribution in [2.75, 3.05) is 39.8 Å². The summed E-state index contributed by atoms with van der Waals surface area (Å²) in [6.45, 7) is 12.3. The van der Waals surface area contributed by atoms with Crippen molar-refractivity contribution in [1.82, 2.24) is 15.5 Å². The first-order valence-corrected chi connectivity index (χ1v) is 10.7. The molecule has 0 spiro atoms. The molecule has 2 unspecified atom stereocenters. The van der Waals surface area contributed by atoms with Crippen LogP contribution in [0.4, 0.5) is 0 Å². The summed E-state index contributed by atoms with van der Waals surface area (Å²) in [4.78, 5) is 6.95. The largest absolute Gasteiger partial charge is 0.494 e. The van der Waals surface area contributed by atoms with E-state index < -0.39 is 0 Å². The number of rotatable bonds is 8. The van der Waals surface area contributed by atoms with E-state index in [1.807, 2.05) is 14.0 Å². The highest BCUT2D eigenvalue weighted by Gasteiger charge is 2.23. The number of likely N-dealkylation sites (tertiary alicyclic amines) is 1. The second kappa shape index (κ2) is 11.8. The first-order chi connectivity index (χ1) is 13.6. The number of hydrogen-bond donors (Lipinski definition) is 2. The zero-order valence-corrected chi connectivity index (χ0v) is 20.6. The van der Waals surface area contributed by atoms with Gasteiger partial charge in [0.05, 0.1) is 6.61 Å². The molecule has 2 N–H and O–H groups in total. The van der Waals surface area contributed by atoms with Gasteiger partial charge in [0, 0.05) is 44.2 Å². The van der Waals surface area contributed by atoms with Crippen LogP contribution in [0.1, 0.15) is 44.7 Å². The molecule has 2 heterocycles. The summed E-state index contributed by atoms with van der Waals surface area (Å²) in [6.07, 6.45) is 3.68. The molecule has 0 saturated carbocycles. The third-order valence-electron chi connectivity index (χ3n) is 5.52. The normalized spacial score (nSPS) is 21.3. The number of benzene rings is 1. The van der Waals surface area contributed by atoms with Crippen LogP contribution in [0.2, 0.25) is 0 Å². The molecule has 1 aromatic carbocycles. The molecular weight excluding hydrogens is 479 g/mol. The molecule has 7 heteroatoms. The number of ether oxygens (including phenoxy) is 2. The summed E-state index contributed by atoms with van der Waals surface area (Å²) in [5.41, 5.74) is 2.34. The summed E-state index contributed by atoms with van der Waals surface area (Å²) in [5.74, 6) is 3.45. The van der Waals surface area contributed by atoms with Crippen LogP contribution >= 0.6 is 24.0 Å². The van der Waals surface area contributed by atoms with Crippen molar-refractivity contribution in [3.05, 3.63) is 23.3 Å². The maximum Gasteiger partial charge on any atom is 0.191 e. The van der Waals surface area contributed by atoms with Gasteiger partial charge in [-0.1, -0.05) is 6.92 Å². The Bertz CT molecular complexity index is 683. The molecule has 0 bridgehead atoms. The van der Waals surface area contributed by atoms with E-state index in [-0.39, 0.29) is 30.1 Å². The molecule has 2 aliphatic heterocycles. The number of halogens is 1. The van der Waals surface area contributed by atoms with Gasteiger partial charge in [-0.3, -0.25) is 4.99 Å². The molecule has 164 valence electrons. The molecule has 29 heavy (non-hydrogen) atoms. The third kappa shape index (κ3) is 6.64. The van der Waals surface area contributed by atoms with Gasteiger partial charge in [-0.2, -0.15) is 0 Å². The molecule has 0 aliphatic carbocycles. The summed E-state index contributed by atoms with van der Waals surface area (Å²) in [5, 5.41) is 6.93. The quantitative estimate of drug-likeness (QED) is 0.315. The van der Waals surface area contributed by atoms with Crippen molar-refractivity contribution in [3.8, 4) is 11.5 Å². The maximum atomic E-state index is 5.92. The first-order valence-electron chi connectivity index (χ1n) is 10.7. The van der Waals surface area contributed by atoms with Crippen molar-refractivity contribution >= 4 is 29.9 Å².